The van der Waals surface area contributed by atoms with Crippen molar-refractivity contribution in [3.05, 3.63) is 68.7 Å². The Morgan fingerprint density at radius 2 is 1.95 bits per heavy atom. The van der Waals surface area contributed by atoms with Crippen molar-refractivity contribution in [2.45, 2.75) is 26.3 Å². The lowest BCUT2D eigenvalue weighted by Gasteiger charge is -2.20. The predicted molar refractivity (Wildman–Crippen MR) is 90.5 cm³/mol. The van der Waals surface area contributed by atoms with E-state index in [0.717, 1.165) is 28.0 Å². The summed E-state index contributed by atoms with van der Waals surface area (Å²) in [4.78, 5) is 0. The number of benzene rings is 2. The summed E-state index contributed by atoms with van der Waals surface area (Å²) in [5, 5.41) is 4.40. The molecule has 0 saturated heterocycles. The third kappa shape index (κ3) is 3.85. The number of rotatable bonds is 5. The fourth-order valence-electron chi connectivity index (χ4n) is 2.38. The Morgan fingerprint density at radius 1 is 1.20 bits per heavy atom. The van der Waals surface area contributed by atoms with E-state index >= 15 is 0 Å². The second-order valence-corrected chi connectivity index (χ2v) is 6.22. The molecule has 0 fully saturated rings. The van der Waals surface area contributed by atoms with Gasteiger partial charge < -0.3 is 5.32 Å². The van der Waals surface area contributed by atoms with Crippen LogP contribution in [0.15, 0.2) is 46.9 Å². The van der Waals surface area contributed by atoms with Gasteiger partial charge in [0.15, 0.2) is 0 Å². The van der Waals surface area contributed by atoms with E-state index in [-0.39, 0.29) is 6.04 Å². The van der Waals surface area contributed by atoms with Crippen molar-refractivity contribution in [2.24, 2.45) is 0 Å². The summed E-state index contributed by atoms with van der Waals surface area (Å²) >= 11 is 10.00. The van der Waals surface area contributed by atoms with Crippen LogP contribution >= 0.6 is 27.5 Å². The molecule has 0 aromatic heterocycles. The Hall–Kier alpha value is -0.830. The quantitative estimate of drug-likeness (QED) is 0.769. The monoisotopic (exact) mass is 351 g/mol. The van der Waals surface area contributed by atoms with Crippen LogP contribution in [0.25, 0.3) is 0 Å². The van der Waals surface area contributed by atoms with Gasteiger partial charge in [0.05, 0.1) is 0 Å². The first-order chi connectivity index (χ1) is 9.61. The van der Waals surface area contributed by atoms with Crippen molar-refractivity contribution in [1.82, 2.24) is 5.32 Å². The molecule has 1 unspecified atom stereocenters. The molecule has 1 N–H and O–H groups in total. The van der Waals surface area contributed by atoms with Crippen LogP contribution in [0.3, 0.4) is 0 Å². The molecule has 3 heteroatoms. The normalized spacial score (nSPS) is 12.4. The number of aryl methyl sites for hydroxylation is 1. The summed E-state index contributed by atoms with van der Waals surface area (Å²) in [6.45, 7) is 5.09. The maximum atomic E-state index is 6.47. The number of hydrogen-bond acceptors (Lipinski definition) is 1. The van der Waals surface area contributed by atoms with Crippen molar-refractivity contribution in [3.8, 4) is 0 Å². The van der Waals surface area contributed by atoms with Crippen molar-refractivity contribution in [3.63, 3.8) is 0 Å². The SMILES string of the molecule is CCNC(Cc1cccc(Br)c1)c1cccc(C)c1Cl. The lowest BCUT2D eigenvalue weighted by Crippen LogP contribution is -2.23. The summed E-state index contributed by atoms with van der Waals surface area (Å²) in [7, 11) is 0. The van der Waals surface area contributed by atoms with Crippen molar-refractivity contribution >= 4 is 27.5 Å². The van der Waals surface area contributed by atoms with E-state index in [1.807, 2.05) is 19.1 Å². The lowest BCUT2D eigenvalue weighted by molar-refractivity contribution is 0.549. The molecule has 2 rings (SSSR count). The van der Waals surface area contributed by atoms with Crippen LogP contribution in [0.5, 0.6) is 0 Å². The largest absolute Gasteiger partial charge is 0.310 e. The molecule has 0 amide bonds. The average Bonchev–Trinajstić information content (AvgIpc) is 2.42. The van der Waals surface area contributed by atoms with E-state index in [2.05, 4.69) is 58.5 Å². The van der Waals surface area contributed by atoms with Crippen LogP contribution in [0.1, 0.15) is 29.7 Å². The van der Waals surface area contributed by atoms with Crippen molar-refractivity contribution in [2.75, 3.05) is 6.54 Å². The second-order valence-electron chi connectivity index (χ2n) is 4.92. The Morgan fingerprint density at radius 3 is 2.65 bits per heavy atom. The van der Waals surface area contributed by atoms with Gasteiger partial charge in [-0.05, 0) is 48.7 Å². The van der Waals surface area contributed by atoms with Gasteiger partial charge >= 0.3 is 0 Å². The Kier molecular flexibility index (Phi) is 5.64. The number of likely N-dealkylation sites (N-methyl/N-ethyl adjacent to an activating group) is 1. The van der Waals surface area contributed by atoms with Gasteiger partial charge in [0.2, 0.25) is 0 Å². The molecule has 1 nitrogen and oxygen atoms in total. The van der Waals surface area contributed by atoms with Crippen LogP contribution in [-0.4, -0.2) is 6.54 Å². The first-order valence-corrected chi connectivity index (χ1v) is 8.01. The van der Waals surface area contributed by atoms with E-state index in [1.165, 1.54) is 11.1 Å². The summed E-state index contributed by atoms with van der Waals surface area (Å²) in [6, 6.07) is 14.9. The highest BCUT2D eigenvalue weighted by Crippen LogP contribution is 2.28. The van der Waals surface area contributed by atoms with Crippen LogP contribution in [0, 0.1) is 6.92 Å². The fraction of sp³-hybridized carbons (Fsp3) is 0.294. The van der Waals surface area contributed by atoms with Crippen molar-refractivity contribution in [1.29, 1.82) is 0 Å². The third-order valence-electron chi connectivity index (χ3n) is 3.38. The highest BCUT2D eigenvalue weighted by molar-refractivity contribution is 9.10. The van der Waals surface area contributed by atoms with Crippen molar-refractivity contribution < 1.29 is 0 Å². The average molecular weight is 353 g/mol. The molecule has 0 aliphatic rings. The minimum Gasteiger partial charge on any atom is -0.310 e. The molecule has 106 valence electrons. The van der Waals surface area contributed by atoms with Crippen LogP contribution < -0.4 is 5.32 Å². The Bertz CT molecular complexity index is 583. The molecule has 0 bridgehead atoms. The standard InChI is InChI=1S/C17H19BrClN/c1-3-20-16(11-13-7-5-8-14(18)10-13)15-9-4-6-12(2)17(15)19/h4-10,16,20H,3,11H2,1-2H3. The molecule has 2 aromatic carbocycles. The van der Waals surface area contributed by atoms with E-state index in [9.17, 15) is 0 Å². The zero-order valence-electron chi connectivity index (χ0n) is 11.8. The smallest absolute Gasteiger partial charge is 0.0483 e. The van der Waals surface area contributed by atoms with Gasteiger partial charge in [0, 0.05) is 15.5 Å². The first-order valence-electron chi connectivity index (χ1n) is 6.84. The van der Waals surface area contributed by atoms with Crippen LogP contribution in [0.2, 0.25) is 5.02 Å². The van der Waals surface area contributed by atoms with E-state index in [4.69, 9.17) is 11.6 Å². The van der Waals surface area contributed by atoms with Gasteiger partial charge in [0.1, 0.15) is 0 Å². The zero-order chi connectivity index (χ0) is 14.5. The molecule has 0 heterocycles. The third-order valence-corrected chi connectivity index (χ3v) is 4.39. The van der Waals surface area contributed by atoms with E-state index in [0.29, 0.717) is 0 Å². The Labute approximate surface area is 134 Å². The molecule has 0 radical (unpaired) electrons. The summed E-state index contributed by atoms with van der Waals surface area (Å²) < 4.78 is 1.11. The highest BCUT2D eigenvalue weighted by atomic mass is 79.9. The van der Waals surface area contributed by atoms with E-state index in [1.54, 1.807) is 0 Å². The topological polar surface area (TPSA) is 12.0 Å². The molecule has 0 aliphatic heterocycles. The van der Waals surface area contributed by atoms with Gasteiger partial charge in [0.25, 0.3) is 0 Å². The lowest BCUT2D eigenvalue weighted by atomic mass is 9.97. The van der Waals surface area contributed by atoms with Crippen LogP contribution in [-0.2, 0) is 6.42 Å². The van der Waals surface area contributed by atoms with Gasteiger partial charge in [-0.2, -0.15) is 0 Å². The molecular formula is C17H19BrClN. The van der Waals surface area contributed by atoms with Crippen LogP contribution in [0.4, 0.5) is 0 Å². The summed E-state index contributed by atoms with van der Waals surface area (Å²) in [5.41, 5.74) is 3.60. The number of halogens is 2. The Balaban J connectivity index is 2.29. The van der Waals surface area contributed by atoms with E-state index < -0.39 is 0 Å². The fourth-order valence-corrected chi connectivity index (χ4v) is 3.08. The minimum absolute atomic E-state index is 0.238. The second kappa shape index (κ2) is 7.26. The summed E-state index contributed by atoms with van der Waals surface area (Å²) in [5.74, 6) is 0. The molecular weight excluding hydrogens is 334 g/mol. The van der Waals surface area contributed by atoms with Gasteiger partial charge in [-0.3, -0.25) is 0 Å². The number of nitrogens with one attached hydrogen (secondary N) is 1. The molecule has 0 saturated carbocycles. The maximum absolute atomic E-state index is 6.47. The van der Waals surface area contributed by atoms with Gasteiger partial charge in [-0.1, -0.05) is 64.8 Å². The maximum Gasteiger partial charge on any atom is 0.0483 e. The summed E-state index contributed by atoms with van der Waals surface area (Å²) in [6.07, 6.45) is 0.927. The molecule has 0 aliphatic carbocycles. The first kappa shape index (κ1) is 15.6. The zero-order valence-corrected chi connectivity index (χ0v) is 14.1. The highest BCUT2D eigenvalue weighted by Gasteiger charge is 2.15. The molecule has 20 heavy (non-hydrogen) atoms. The predicted octanol–water partition coefficient (Wildman–Crippen LogP) is 5.30. The van der Waals surface area contributed by atoms with Gasteiger partial charge in [-0.15, -0.1) is 0 Å². The van der Waals surface area contributed by atoms with Gasteiger partial charge in [-0.25, -0.2) is 0 Å². The molecule has 0 spiro atoms. The number of hydrogen-bond donors (Lipinski definition) is 1. The molecule has 2 aromatic rings. The molecule has 1 atom stereocenters. The minimum atomic E-state index is 0.238.